The zero-order valence-electron chi connectivity index (χ0n) is 13.1. The van der Waals surface area contributed by atoms with Gasteiger partial charge in [0.15, 0.2) is 0 Å². The fourth-order valence-corrected chi connectivity index (χ4v) is 3.76. The highest BCUT2D eigenvalue weighted by molar-refractivity contribution is 7.21. The van der Waals surface area contributed by atoms with Crippen molar-refractivity contribution < 1.29 is 0 Å². The van der Waals surface area contributed by atoms with Crippen molar-refractivity contribution in [3.63, 3.8) is 0 Å². The van der Waals surface area contributed by atoms with E-state index in [1.54, 1.807) is 11.3 Å². The Bertz CT molecular complexity index is 1040. The van der Waals surface area contributed by atoms with E-state index >= 15 is 0 Å². The van der Waals surface area contributed by atoms with Gasteiger partial charge < -0.3 is 5.73 Å². The molecule has 24 heavy (non-hydrogen) atoms. The van der Waals surface area contributed by atoms with Crippen LogP contribution in [0.3, 0.4) is 0 Å². The number of para-hydroxylation sites is 2. The first-order chi connectivity index (χ1) is 11.8. The highest BCUT2D eigenvalue weighted by atomic mass is 32.1. The van der Waals surface area contributed by atoms with Crippen molar-refractivity contribution in [3.05, 3.63) is 77.7 Å². The van der Waals surface area contributed by atoms with Gasteiger partial charge in [-0.05, 0) is 54.9 Å². The van der Waals surface area contributed by atoms with E-state index in [0.29, 0.717) is 6.54 Å². The highest BCUT2D eigenvalue weighted by Gasteiger charge is 2.06. The summed E-state index contributed by atoms with van der Waals surface area (Å²) in [5.41, 5.74) is 9.91. The second-order valence-corrected chi connectivity index (χ2v) is 6.70. The molecule has 4 rings (SSSR count). The first kappa shape index (κ1) is 15.0. The van der Waals surface area contributed by atoms with Gasteiger partial charge in [-0.1, -0.05) is 30.3 Å². The minimum Gasteiger partial charge on any atom is -0.330 e. The van der Waals surface area contributed by atoms with E-state index in [2.05, 4.69) is 18.2 Å². The summed E-state index contributed by atoms with van der Waals surface area (Å²) in [5.74, 6) is 0. The maximum absolute atomic E-state index is 5.70. The van der Waals surface area contributed by atoms with Crippen molar-refractivity contribution in [3.8, 4) is 10.6 Å². The second-order valence-electron chi connectivity index (χ2n) is 5.61. The van der Waals surface area contributed by atoms with E-state index in [0.717, 1.165) is 33.6 Å². The number of nitrogens with zero attached hydrogens (tertiary/aromatic N) is 2. The smallest absolute Gasteiger partial charge is 0.0811 e. The largest absolute Gasteiger partial charge is 0.330 e. The molecule has 0 amide bonds. The van der Waals surface area contributed by atoms with Gasteiger partial charge >= 0.3 is 0 Å². The summed E-state index contributed by atoms with van der Waals surface area (Å²) in [5, 5.41) is 0.945. The predicted octanol–water partition coefficient (Wildman–Crippen LogP) is 4.13. The molecule has 0 spiro atoms. The van der Waals surface area contributed by atoms with Crippen molar-refractivity contribution in [2.24, 2.45) is 10.7 Å². The summed E-state index contributed by atoms with van der Waals surface area (Å²) in [6.07, 6.45) is 0.835. The number of hydrogen-bond acceptors (Lipinski definition) is 4. The van der Waals surface area contributed by atoms with Crippen LogP contribution in [0.1, 0.15) is 5.56 Å². The Balaban J connectivity index is 1.86. The lowest BCUT2D eigenvalue weighted by Crippen LogP contribution is -2.04. The quantitative estimate of drug-likeness (QED) is 0.574. The van der Waals surface area contributed by atoms with Gasteiger partial charge in [-0.25, -0.2) is 9.98 Å². The molecule has 0 aromatic heterocycles. The zero-order chi connectivity index (χ0) is 16.4. The molecule has 3 nitrogen and oxygen atoms in total. The minimum absolute atomic E-state index is 0.627. The third-order valence-electron chi connectivity index (χ3n) is 3.92. The fraction of sp³-hybridized carbons (Fsp3) is 0.100. The molecular weight excluding hydrogens is 314 g/mol. The van der Waals surface area contributed by atoms with Crippen LogP contribution in [-0.4, -0.2) is 11.5 Å². The van der Waals surface area contributed by atoms with Crippen LogP contribution in [0.5, 0.6) is 0 Å². The monoisotopic (exact) mass is 331 g/mol. The molecule has 0 radical (unpaired) electrons. The van der Waals surface area contributed by atoms with E-state index in [-0.39, 0.29) is 0 Å². The first-order valence-electron chi connectivity index (χ1n) is 7.96. The maximum Gasteiger partial charge on any atom is 0.0811 e. The van der Waals surface area contributed by atoms with E-state index in [4.69, 9.17) is 15.7 Å². The van der Waals surface area contributed by atoms with Crippen LogP contribution < -0.4 is 11.1 Å². The van der Waals surface area contributed by atoms with Gasteiger partial charge in [0, 0.05) is 0 Å². The third kappa shape index (κ3) is 2.94. The molecule has 2 aromatic carbocycles. The molecule has 2 aromatic rings. The Morgan fingerprint density at radius 1 is 0.958 bits per heavy atom. The average molecular weight is 331 g/mol. The third-order valence-corrected chi connectivity index (χ3v) is 5.04. The van der Waals surface area contributed by atoms with E-state index in [9.17, 15) is 0 Å². The molecule has 0 saturated heterocycles. The molecule has 2 aliphatic rings. The number of hydrogen-bond donors (Lipinski definition) is 1. The molecule has 0 bridgehead atoms. The van der Waals surface area contributed by atoms with E-state index in [1.807, 2.05) is 48.5 Å². The van der Waals surface area contributed by atoms with Crippen molar-refractivity contribution in [2.75, 3.05) is 6.54 Å². The van der Waals surface area contributed by atoms with E-state index < -0.39 is 0 Å². The van der Waals surface area contributed by atoms with Crippen LogP contribution in [0.25, 0.3) is 20.8 Å². The molecule has 1 heterocycles. The second kappa shape index (κ2) is 6.51. The lowest BCUT2D eigenvalue weighted by molar-refractivity contribution is 0.966. The average Bonchev–Trinajstić information content (AvgIpc) is 2.62. The first-order valence-corrected chi connectivity index (χ1v) is 8.77. The Morgan fingerprint density at radius 2 is 1.79 bits per heavy atom. The predicted molar refractivity (Wildman–Crippen MR) is 101 cm³/mol. The molecular formula is C20H17N3S. The van der Waals surface area contributed by atoms with Gasteiger partial charge in [-0.2, -0.15) is 0 Å². The maximum atomic E-state index is 5.70. The summed E-state index contributed by atoms with van der Waals surface area (Å²) in [4.78, 5) is 10.7. The summed E-state index contributed by atoms with van der Waals surface area (Å²) in [6, 6.07) is 22.6. The van der Waals surface area contributed by atoms with Crippen LogP contribution in [-0.2, 0) is 6.42 Å². The molecule has 0 atom stereocenters. The molecule has 118 valence electrons. The molecule has 0 unspecified atom stereocenters. The lowest BCUT2D eigenvalue weighted by atomic mass is 10.1. The molecule has 0 saturated carbocycles. The summed E-state index contributed by atoms with van der Waals surface area (Å²) in [7, 11) is 0. The van der Waals surface area contributed by atoms with Crippen molar-refractivity contribution in [1.82, 2.24) is 4.98 Å². The van der Waals surface area contributed by atoms with Gasteiger partial charge in [0.05, 0.1) is 31.8 Å². The number of nitrogens with two attached hydrogens (primary N) is 1. The fourth-order valence-electron chi connectivity index (χ4n) is 2.76. The Labute approximate surface area is 144 Å². The molecule has 1 aliphatic heterocycles. The van der Waals surface area contributed by atoms with Crippen LogP contribution in [0.2, 0.25) is 0 Å². The van der Waals surface area contributed by atoms with Gasteiger partial charge in [0.2, 0.25) is 0 Å². The Kier molecular flexibility index (Phi) is 4.07. The lowest BCUT2D eigenvalue weighted by Gasteiger charge is -2.06. The van der Waals surface area contributed by atoms with E-state index in [1.165, 1.54) is 10.3 Å². The number of rotatable bonds is 3. The number of fused-ring (bicyclic) bond motifs is 2. The van der Waals surface area contributed by atoms with Gasteiger partial charge in [0.1, 0.15) is 0 Å². The standard InChI is InChI=1S/C20H17N3S/c21-12-11-14-5-1-2-6-16(14)22-15-9-10-18-20(13-15)24-19-8-4-3-7-17(19)23-18/h1-10,13H,11-12,21H2. The van der Waals surface area contributed by atoms with Gasteiger partial charge in [-0.3, -0.25) is 0 Å². The molecule has 2 N–H and O–H groups in total. The SMILES string of the molecule is NCCc1ccccc1N=c1ccc2nc3ccccc3sc-2c1. The van der Waals surface area contributed by atoms with Crippen LogP contribution in [0.4, 0.5) is 5.69 Å². The summed E-state index contributed by atoms with van der Waals surface area (Å²) in [6.45, 7) is 0.627. The van der Waals surface area contributed by atoms with Crippen molar-refractivity contribution >= 4 is 27.2 Å². The Hall–Kier alpha value is -2.56. The van der Waals surface area contributed by atoms with Crippen LogP contribution >= 0.6 is 11.3 Å². The zero-order valence-corrected chi connectivity index (χ0v) is 14.0. The molecule has 4 heteroatoms. The number of benzene rings is 3. The topological polar surface area (TPSA) is 51.3 Å². The van der Waals surface area contributed by atoms with Crippen LogP contribution in [0.15, 0.2) is 71.7 Å². The summed E-state index contributed by atoms with van der Waals surface area (Å²) < 4.78 is 1.19. The van der Waals surface area contributed by atoms with Crippen molar-refractivity contribution in [2.45, 2.75) is 6.42 Å². The van der Waals surface area contributed by atoms with Gasteiger partial charge in [0.25, 0.3) is 0 Å². The van der Waals surface area contributed by atoms with Crippen molar-refractivity contribution in [1.29, 1.82) is 0 Å². The van der Waals surface area contributed by atoms with Gasteiger partial charge in [-0.15, -0.1) is 11.3 Å². The summed E-state index contributed by atoms with van der Waals surface area (Å²) >= 11 is 1.75. The van der Waals surface area contributed by atoms with Crippen LogP contribution in [0, 0.1) is 0 Å². The molecule has 0 fully saturated rings. The normalized spacial score (nSPS) is 12.1. The molecule has 1 aliphatic carbocycles. The number of aromatic nitrogens is 1. The Morgan fingerprint density at radius 3 is 2.71 bits per heavy atom. The minimum atomic E-state index is 0.627. The highest BCUT2D eigenvalue weighted by Crippen LogP contribution is 2.29.